The maximum atomic E-state index is 4.67. The molecule has 0 aliphatic heterocycles. The molecule has 0 saturated heterocycles. The van der Waals surface area contributed by atoms with Crippen molar-refractivity contribution in [3.05, 3.63) is 24.3 Å². The van der Waals surface area contributed by atoms with E-state index in [1.54, 1.807) is 0 Å². The molecule has 1 fully saturated rings. The lowest BCUT2D eigenvalue weighted by atomic mass is 9.89. The van der Waals surface area contributed by atoms with E-state index >= 15 is 0 Å². The summed E-state index contributed by atoms with van der Waals surface area (Å²) >= 11 is 0. The second kappa shape index (κ2) is 6.48. The van der Waals surface area contributed by atoms with Crippen LogP contribution in [-0.2, 0) is 0 Å². The number of rotatable bonds is 5. The first-order valence-corrected chi connectivity index (χ1v) is 8.27. The van der Waals surface area contributed by atoms with E-state index in [2.05, 4.69) is 46.2 Å². The molecule has 0 bridgehead atoms. The Bertz CT molecular complexity index is 540. The summed E-state index contributed by atoms with van der Waals surface area (Å²) in [5.74, 6) is 0.917. The molecule has 114 valence electrons. The van der Waals surface area contributed by atoms with Crippen molar-refractivity contribution >= 4 is 17.0 Å². The van der Waals surface area contributed by atoms with Crippen molar-refractivity contribution in [2.75, 3.05) is 18.4 Å². The number of hydrogen-bond donors (Lipinski definition) is 2. The SMILES string of the molecule is CCN(CC)[C@@H]1CCCC[C@H]1Nc1nc2ccccc2[nH]1. The summed E-state index contributed by atoms with van der Waals surface area (Å²) in [6, 6.07) is 9.34. The van der Waals surface area contributed by atoms with Gasteiger partial charge in [-0.05, 0) is 38.1 Å². The molecule has 2 N–H and O–H groups in total. The lowest BCUT2D eigenvalue weighted by molar-refractivity contribution is 0.158. The summed E-state index contributed by atoms with van der Waals surface area (Å²) < 4.78 is 0. The first-order chi connectivity index (χ1) is 10.3. The van der Waals surface area contributed by atoms with Crippen molar-refractivity contribution in [1.29, 1.82) is 0 Å². The number of H-pyrrole nitrogens is 1. The minimum Gasteiger partial charge on any atom is -0.351 e. The average Bonchev–Trinajstić information content (AvgIpc) is 2.92. The Morgan fingerprint density at radius 1 is 1.19 bits per heavy atom. The molecule has 1 saturated carbocycles. The van der Waals surface area contributed by atoms with Crippen LogP contribution in [0.5, 0.6) is 0 Å². The summed E-state index contributed by atoms with van der Waals surface area (Å²) in [5, 5.41) is 3.66. The Morgan fingerprint density at radius 3 is 2.71 bits per heavy atom. The van der Waals surface area contributed by atoms with Crippen LogP contribution < -0.4 is 5.32 Å². The summed E-state index contributed by atoms with van der Waals surface area (Å²) in [7, 11) is 0. The molecule has 1 aliphatic rings. The highest BCUT2D eigenvalue weighted by Gasteiger charge is 2.29. The highest BCUT2D eigenvalue weighted by molar-refractivity contribution is 5.77. The topological polar surface area (TPSA) is 44.0 Å². The smallest absolute Gasteiger partial charge is 0.201 e. The Labute approximate surface area is 126 Å². The predicted octanol–water partition coefficient (Wildman–Crippen LogP) is 3.63. The Balaban J connectivity index is 1.77. The van der Waals surface area contributed by atoms with Gasteiger partial charge in [0.25, 0.3) is 0 Å². The first kappa shape index (κ1) is 14.4. The van der Waals surface area contributed by atoms with Crippen LogP contribution in [0, 0.1) is 0 Å². The fourth-order valence-electron chi connectivity index (χ4n) is 3.61. The summed E-state index contributed by atoms with van der Waals surface area (Å²) in [6.45, 7) is 6.77. The van der Waals surface area contributed by atoms with E-state index in [-0.39, 0.29) is 0 Å². The fraction of sp³-hybridized carbons (Fsp3) is 0.588. The second-order valence-electron chi connectivity index (χ2n) is 5.93. The van der Waals surface area contributed by atoms with Gasteiger partial charge in [-0.2, -0.15) is 0 Å². The molecule has 0 amide bonds. The van der Waals surface area contributed by atoms with Crippen molar-refractivity contribution in [3.8, 4) is 0 Å². The van der Waals surface area contributed by atoms with Gasteiger partial charge < -0.3 is 10.3 Å². The number of benzene rings is 1. The van der Waals surface area contributed by atoms with Gasteiger partial charge in [0.15, 0.2) is 0 Å². The maximum Gasteiger partial charge on any atom is 0.201 e. The summed E-state index contributed by atoms with van der Waals surface area (Å²) in [4.78, 5) is 10.6. The molecule has 1 aromatic carbocycles. The minimum atomic E-state index is 0.499. The molecule has 2 aromatic rings. The van der Waals surface area contributed by atoms with Crippen LogP contribution in [0.3, 0.4) is 0 Å². The van der Waals surface area contributed by atoms with Gasteiger partial charge in [0, 0.05) is 12.1 Å². The van der Waals surface area contributed by atoms with Crippen LogP contribution in [0.4, 0.5) is 5.95 Å². The van der Waals surface area contributed by atoms with Crippen molar-refractivity contribution in [3.63, 3.8) is 0 Å². The number of fused-ring (bicyclic) bond motifs is 1. The molecular formula is C17H26N4. The van der Waals surface area contributed by atoms with Crippen molar-refractivity contribution in [1.82, 2.24) is 14.9 Å². The van der Waals surface area contributed by atoms with E-state index < -0.39 is 0 Å². The molecule has 0 radical (unpaired) electrons. The number of hydrogen-bond acceptors (Lipinski definition) is 3. The minimum absolute atomic E-state index is 0.499. The Hall–Kier alpha value is -1.55. The van der Waals surface area contributed by atoms with Crippen molar-refractivity contribution in [2.24, 2.45) is 0 Å². The predicted molar refractivity (Wildman–Crippen MR) is 88.7 cm³/mol. The van der Waals surface area contributed by atoms with Gasteiger partial charge in [0.05, 0.1) is 11.0 Å². The van der Waals surface area contributed by atoms with Crippen LogP contribution in [0.15, 0.2) is 24.3 Å². The molecule has 4 heteroatoms. The van der Waals surface area contributed by atoms with Crippen LogP contribution >= 0.6 is 0 Å². The number of imidazole rings is 1. The molecule has 2 atom stereocenters. The van der Waals surface area contributed by atoms with E-state index in [1.807, 2.05) is 12.1 Å². The molecule has 3 rings (SSSR count). The zero-order chi connectivity index (χ0) is 14.7. The van der Waals surface area contributed by atoms with Gasteiger partial charge in [-0.15, -0.1) is 0 Å². The number of aromatic amines is 1. The molecule has 0 spiro atoms. The molecule has 1 aliphatic carbocycles. The number of aromatic nitrogens is 2. The average molecular weight is 286 g/mol. The normalized spacial score (nSPS) is 22.8. The zero-order valence-corrected chi connectivity index (χ0v) is 13.1. The number of para-hydroxylation sites is 2. The number of nitrogens with zero attached hydrogens (tertiary/aromatic N) is 2. The fourth-order valence-corrected chi connectivity index (χ4v) is 3.61. The van der Waals surface area contributed by atoms with Gasteiger partial charge in [0.1, 0.15) is 0 Å². The number of likely N-dealkylation sites (N-methyl/N-ethyl adjacent to an activating group) is 1. The molecule has 4 nitrogen and oxygen atoms in total. The molecular weight excluding hydrogens is 260 g/mol. The maximum absolute atomic E-state index is 4.67. The van der Waals surface area contributed by atoms with Gasteiger partial charge in [-0.3, -0.25) is 4.90 Å². The largest absolute Gasteiger partial charge is 0.351 e. The number of nitrogens with one attached hydrogen (secondary N) is 2. The Morgan fingerprint density at radius 2 is 1.95 bits per heavy atom. The zero-order valence-electron chi connectivity index (χ0n) is 13.1. The van der Waals surface area contributed by atoms with Crippen LogP contribution in [0.2, 0.25) is 0 Å². The van der Waals surface area contributed by atoms with Gasteiger partial charge in [-0.25, -0.2) is 4.98 Å². The third kappa shape index (κ3) is 3.05. The molecule has 21 heavy (non-hydrogen) atoms. The van der Waals surface area contributed by atoms with Crippen LogP contribution in [0.25, 0.3) is 11.0 Å². The second-order valence-corrected chi connectivity index (χ2v) is 5.93. The molecule has 0 unspecified atom stereocenters. The van der Waals surface area contributed by atoms with E-state index in [9.17, 15) is 0 Å². The van der Waals surface area contributed by atoms with E-state index in [1.165, 1.54) is 25.7 Å². The van der Waals surface area contributed by atoms with Gasteiger partial charge in [-0.1, -0.05) is 38.8 Å². The summed E-state index contributed by atoms with van der Waals surface area (Å²) in [5.41, 5.74) is 2.14. The van der Waals surface area contributed by atoms with E-state index in [0.29, 0.717) is 12.1 Å². The van der Waals surface area contributed by atoms with Crippen LogP contribution in [-0.4, -0.2) is 40.0 Å². The highest BCUT2D eigenvalue weighted by atomic mass is 15.2. The summed E-state index contributed by atoms with van der Waals surface area (Å²) in [6.07, 6.45) is 5.19. The van der Waals surface area contributed by atoms with Gasteiger partial charge in [0.2, 0.25) is 5.95 Å². The van der Waals surface area contributed by atoms with Crippen molar-refractivity contribution in [2.45, 2.75) is 51.6 Å². The lowest BCUT2D eigenvalue weighted by Crippen LogP contribution is -2.48. The quantitative estimate of drug-likeness (QED) is 0.882. The lowest BCUT2D eigenvalue weighted by Gasteiger charge is -2.39. The molecule has 1 aromatic heterocycles. The molecule has 1 heterocycles. The third-order valence-corrected chi connectivity index (χ3v) is 4.72. The standard InChI is InChI=1S/C17H26N4/c1-3-21(4-2)16-12-8-7-11-15(16)20-17-18-13-9-5-6-10-14(13)19-17/h5-6,9-10,15-16H,3-4,7-8,11-12H2,1-2H3,(H2,18,19,20)/t15-,16-/m1/s1. The van der Waals surface area contributed by atoms with Crippen LogP contribution in [0.1, 0.15) is 39.5 Å². The first-order valence-electron chi connectivity index (χ1n) is 8.27. The van der Waals surface area contributed by atoms with E-state index in [0.717, 1.165) is 30.1 Å². The number of anilines is 1. The third-order valence-electron chi connectivity index (χ3n) is 4.72. The van der Waals surface area contributed by atoms with Crippen molar-refractivity contribution < 1.29 is 0 Å². The monoisotopic (exact) mass is 286 g/mol. The van der Waals surface area contributed by atoms with Gasteiger partial charge >= 0.3 is 0 Å². The Kier molecular flexibility index (Phi) is 4.44. The highest BCUT2D eigenvalue weighted by Crippen LogP contribution is 2.26. The van der Waals surface area contributed by atoms with E-state index in [4.69, 9.17) is 0 Å².